The van der Waals surface area contributed by atoms with E-state index in [1.54, 1.807) is 19.1 Å². The van der Waals surface area contributed by atoms with Crippen LogP contribution in [-0.4, -0.2) is 39.1 Å². The number of carboxylic acid groups (broad SMARTS) is 1. The minimum Gasteiger partial charge on any atom is -0.481 e. The monoisotopic (exact) mass is 479 g/mol. The lowest BCUT2D eigenvalue weighted by atomic mass is 9.84. The molecule has 2 N–H and O–H groups in total. The van der Waals surface area contributed by atoms with Crippen LogP contribution in [0.15, 0.2) is 54.6 Å². The second-order valence-electron chi connectivity index (χ2n) is 8.13. The van der Waals surface area contributed by atoms with Crippen LogP contribution in [0.5, 0.6) is 0 Å². The van der Waals surface area contributed by atoms with E-state index in [2.05, 4.69) is 0 Å². The SMILES string of the molecule is CCC(CC(C)O)N1C(=O)C(CC(=O)O)CCC1c1ccc(Cl)cc1.Clc1ccccc1. The van der Waals surface area contributed by atoms with Gasteiger partial charge in [0.15, 0.2) is 0 Å². The Morgan fingerprint density at radius 2 is 1.66 bits per heavy atom. The molecule has 4 atom stereocenters. The van der Waals surface area contributed by atoms with Crippen LogP contribution in [-0.2, 0) is 9.59 Å². The molecule has 0 aliphatic carbocycles. The second-order valence-corrected chi connectivity index (χ2v) is 9.00. The predicted molar refractivity (Wildman–Crippen MR) is 128 cm³/mol. The molecule has 5 nitrogen and oxygen atoms in total. The minimum absolute atomic E-state index is 0.112. The Bertz CT molecular complexity index is 858. The number of nitrogens with zero attached hydrogens (tertiary/aromatic N) is 1. The number of carbonyl (C=O) groups excluding carboxylic acids is 1. The molecule has 0 radical (unpaired) electrons. The number of likely N-dealkylation sites (tertiary alicyclic amines) is 1. The summed E-state index contributed by atoms with van der Waals surface area (Å²) in [5, 5.41) is 20.4. The summed E-state index contributed by atoms with van der Waals surface area (Å²) in [7, 11) is 0. The second kappa shape index (κ2) is 12.8. The maximum absolute atomic E-state index is 13.0. The predicted octanol–water partition coefficient (Wildman–Crippen LogP) is 5.98. The third kappa shape index (κ3) is 7.80. The highest BCUT2D eigenvalue weighted by atomic mass is 35.5. The smallest absolute Gasteiger partial charge is 0.304 e. The van der Waals surface area contributed by atoms with Crippen molar-refractivity contribution >= 4 is 35.1 Å². The Balaban J connectivity index is 0.000000439. The third-order valence-corrected chi connectivity index (χ3v) is 6.12. The van der Waals surface area contributed by atoms with Crippen molar-refractivity contribution in [1.82, 2.24) is 4.90 Å². The van der Waals surface area contributed by atoms with Gasteiger partial charge in [0.05, 0.1) is 18.6 Å². The molecule has 2 aromatic rings. The molecule has 0 saturated carbocycles. The number of amides is 1. The standard InChI is InChI=1S/C19H26ClNO4.C6H5Cl/c1-3-16(10-12(2)22)21-17(13-4-7-15(20)8-5-13)9-6-14(19(21)25)11-18(23)24;7-6-4-2-1-3-5-6/h4-5,7-8,12,14,16-17,22H,3,6,9-11H2,1-2H3,(H,23,24);1-5H. The molecular weight excluding hydrogens is 449 g/mol. The van der Waals surface area contributed by atoms with Crippen molar-refractivity contribution in [2.24, 2.45) is 5.92 Å². The maximum Gasteiger partial charge on any atom is 0.304 e. The van der Waals surface area contributed by atoms with Crippen molar-refractivity contribution in [1.29, 1.82) is 0 Å². The molecular formula is C25H31Cl2NO4. The lowest BCUT2D eigenvalue weighted by Crippen LogP contribution is -2.50. The van der Waals surface area contributed by atoms with Gasteiger partial charge < -0.3 is 15.1 Å². The summed E-state index contributed by atoms with van der Waals surface area (Å²) in [6, 6.07) is 16.7. The molecule has 1 fully saturated rings. The van der Waals surface area contributed by atoms with Crippen molar-refractivity contribution in [2.75, 3.05) is 0 Å². The molecule has 2 aromatic carbocycles. The fourth-order valence-electron chi connectivity index (χ4n) is 4.12. The number of rotatable bonds is 7. The summed E-state index contributed by atoms with van der Waals surface area (Å²) in [5.41, 5.74) is 0.996. The first kappa shape index (κ1) is 26.2. The average Bonchev–Trinajstić information content (AvgIpc) is 2.75. The van der Waals surface area contributed by atoms with Gasteiger partial charge in [0.25, 0.3) is 0 Å². The van der Waals surface area contributed by atoms with E-state index in [4.69, 9.17) is 28.3 Å². The first-order valence-corrected chi connectivity index (χ1v) is 11.7. The van der Waals surface area contributed by atoms with Gasteiger partial charge in [-0.2, -0.15) is 0 Å². The number of benzene rings is 2. The molecule has 0 bridgehead atoms. The molecule has 1 amide bonds. The van der Waals surface area contributed by atoms with Gasteiger partial charge in [-0.3, -0.25) is 9.59 Å². The first-order valence-electron chi connectivity index (χ1n) is 10.9. The summed E-state index contributed by atoms with van der Waals surface area (Å²) in [4.78, 5) is 26.0. The topological polar surface area (TPSA) is 77.8 Å². The normalized spacial score (nSPS) is 20.2. The van der Waals surface area contributed by atoms with Crippen LogP contribution in [0.1, 0.15) is 57.6 Å². The number of hydrogen-bond donors (Lipinski definition) is 2. The van der Waals surface area contributed by atoms with Crippen molar-refractivity contribution < 1.29 is 19.8 Å². The van der Waals surface area contributed by atoms with E-state index in [1.165, 1.54) is 0 Å². The van der Waals surface area contributed by atoms with Crippen LogP contribution >= 0.6 is 23.2 Å². The highest BCUT2D eigenvalue weighted by Crippen LogP contribution is 2.38. The van der Waals surface area contributed by atoms with E-state index in [-0.39, 0.29) is 24.4 Å². The van der Waals surface area contributed by atoms with E-state index >= 15 is 0 Å². The van der Waals surface area contributed by atoms with Crippen LogP contribution in [0.2, 0.25) is 10.0 Å². The van der Waals surface area contributed by atoms with Crippen molar-refractivity contribution in [3.8, 4) is 0 Å². The van der Waals surface area contributed by atoms with Crippen molar-refractivity contribution in [3.05, 3.63) is 70.2 Å². The number of aliphatic carboxylic acids is 1. The fraction of sp³-hybridized carbons (Fsp3) is 0.440. The lowest BCUT2D eigenvalue weighted by Gasteiger charge is -2.44. The van der Waals surface area contributed by atoms with E-state index in [9.17, 15) is 14.7 Å². The molecule has 4 unspecified atom stereocenters. The molecule has 1 saturated heterocycles. The molecule has 1 heterocycles. The van der Waals surface area contributed by atoms with Gasteiger partial charge in [0.1, 0.15) is 0 Å². The van der Waals surface area contributed by atoms with Gasteiger partial charge in [0, 0.05) is 22.0 Å². The summed E-state index contributed by atoms with van der Waals surface area (Å²) in [6.45, 7) is 3.70. The number of piperidine rings is 1. The van der Waals surface area contributed by atoms with E-state index in [0.29, 0.717) is 30.7 Å². The Labute approximate surface area is 200 Å². The zero-order chi connectivity index (χ0) is 23.7. The Kier molecular flexibility index (Phi) is 10.5. The molecule has 7 heteroatoms. The number of carboxylic acids is 1. The molecule has 1 aliphatic heterocycles. The first-order chi connectivity index (χ1) is 15.2. The molecule has 1 aliphatic rings. The van der Waals surface area contributed by atoms with Crippen molar-refractivity contribution in [3.63, 3.8) is 0 Å². The van der Waals surface area contributed by atoms with Gasteiger partial charge >= 0.3 is 5.97 Å². The van der Waals surface area contributed by atoms with E-state index < -0.39 is 18.0 Å². The highest BCUT2D eigenvalue weighted by Gasteiger charge is 2.40. The number of hydrogen-bond acceptors (Lipinski definition) is 3. The zero-order valence-corrected chi connectivity index (χ0v) is 20.0. The zero-order valence-electron chi connectivity index (χ0n) is 18.5. The summed E-state index contributed by atoms with van der Waals surface area (Å²) >= 11 is 11.5. The molecule has 0 spiro atoms. The number of halogens is 2. The number of carbonyl (C=O) groups is 2. The van der Waals surface area contributed by atoms with Crippen LogP contribution in [0.4, 0.5) is 0 Å². The van der Waals surface area contributed by atoms with Crippen LogP contribution in [0.25, 0.3) is 0 Å². The van der Waals surface area contributed by atoms with Crippen LogP contribution in [0.3, 0.4) is 0 Å². The lowest BCUT2D eigenvalue weighted by molar-refractivity contribution is -0.152. The summed E-state index contributed by atoms with van der Waals surface area (Å²) in [5.74, 6) is -1.57. The van der Waals surface area contributed by atoms with E-state index in [0.717, 1.165) is 10.6 Å². The molecule has 174 valence electrons. The van der Waals surface area contributed by atoms with Crippen molar-refractivity contribution in [2.45, 2.75) is 64.1 Å². The molecule has 32 heavy (non-hydrogen) atoms. The van der Waals surface area contributed by atoms with Gasteiger partial charge in [-0.05, 0) is 62.4 Å². The molecule has 3 rings (SSSR count). The molecule has 0 aromatic heterocycles. The summed E-state index contributed by atoms with van der Waals surface area (Å²) < 4.78 is 0. The van der Waals surface area contributed by atoms with Crippen LogP contribution in [0, 0.1) is 5.92 Å². The van der Waals surface area contributed by atoms with Gasteiger partial charge in [-0.15, -0.1) is 0 Å². The quantitative estimate of drug-likeness (QED) is 0.511. The van der Waals surface area contributed by atoms with E-state index in [1.807, 2.05) is 54.3 Å². The highest BCUT2D eigenvalue weighted by molar-refractivity contribution is 6.30. The van der Waals surface area contributed by atoms with Crippen LogP contribution < -0.4 is 0 Å². The van der Waals surface area contributed by atoms with Gasteiger partial charge in [-0.1, -0.05) is 60.5 Å². The summed E-state index contributed by atoms with van der Waals surface area (Å²) in [6.07, 6.45) is 1.78. The average molecular weight is 480 g/mol. The van der Waals surface area contributed by atoms with Gasteiger partial charge in [-0.25, -0.2) is 0 Å². The maximum atomic E-state index is 13.0. The number of aliphatic hydroxyl groups is 1. The van der Waals surface area contributed by atoms with Gasteiger partial charge in [0.2, 0.25) is 5.91 Å². The minimum atomic E-state index is -0.952. The Morgan fingerprint density at radius 3 is 2.12 bits per heavy atom. The largest absolute Gasteiger partial charge is 0.481 e. The Hall–Kier alpha value is -2.08. The third-order valence-electron chi connectivity index (χ3n) is 5.61. The fourth-order valence-corrected chi connectivity index (χ4v) is 4.39. The Morgan fingerprint density at radius 1 is 1.06 bits per heavy atom. The number of aliphatic hydroxyl groups excluding tert-OH is 1.